The first kappa shape index (κ1) is 30.2. The predicted molar refractivity (Wildman–Crippen MR) is 157 cm³/mol. The first-order chi connectivity index (χ1) is 21.4. The molecule has 232 valence electrons. The number of hydrogen-bond acceptors (Lipinski definition) is 6. The molecule has 0 spiro atoms. The zero-order chi connectivity index (χ0) is 32.0. The van der Waals surface area contributed by atoms with E-state index in [1.807, 2.05) is 13.0 Å². The number of amides is 1. The van der Waals surface area contributed by atoms with E-state index < -0.39 is 29.2 Å². The van der Waals surface area contributed by atoms with Crippen molar-refractivity contribution in [1.82, 2.24) is 34.1 Å². The Morgan fingerprint density at radius 3 is 2.58 bits per heavy atom. The van der Waals surface area contributed by atoms with Gasteiger partial charge in [0.25, 0.3) is 5.56 Å². The van der Waals surface area contributed by atoms with Crippen molar-refractivity contribution in [3.05, 3.63) is 93.9 Å². The van der Waals surface area contributed by atoms with Gasteiger partial charge in [0, 0.05) is 37.0 Å². The van der Waals surface area contributed by atoms with Gasteiger partial charge in [-0.2, -0.15) is 23.4 Å². The lowest BCUT2D eigenvalue weighted by atomic mass is 9.97. The lowest BCUT2D eigenvalue weighted by Gasteiger charge is -2.22. The van der Waals surface area contributed by atoms with E-state index in [9.17, 15) is 22.8 Å². The van der Waals surface area contributed by atoms with Crippen molar-refractivity contribution in [2.24, 2.45) is 13.0 Å². The van der Waals surface area contributed by atoms with Crippen LogP contribution in [0.2, 0.25) is 5.02 Å². The Morgan fingerprint density at radius 1 is 1.04 bits per heavy atom. The number of rotatable bonds is 3. The van der Waals surface area contributed by atoms with Crippen LogP contribution in [-0.4, -0.2) is 40.0 Å². The molecule has 0 aliphatic carbocycles. The van der Waals surface area contributed by atoms with Crippen LogP contribution in [0, 0.1) is 11.7 Å². The van der Waals surface area contributed by atoms with Crippen molar-refractivity contribution in [3.63, 3.8) is 0 Å². The first-order valence-electron chi connectivity index (χ1n) is 13.9. The molecule has 4 aromatic heterocycles. The number of halogens is 5. The Morgan fingerprint density at radius 2 is 1.84 bits per heavy atom. The van der Waals surface area contributed by atoms with Crippen LogP contribution < -0.4 is 10.9 Å². The van der Waals surface area contributed by atoms with E-state index in [1.165, 1.54) is 23.0 Å². The number of carbonyl (C=O) groups is 1. The minimum Gasteiger partial charge on any atom is -0.323 e. The molecule has 1 amide bonds. The van der Waals surface area contributed by atoms with Gasteiger partial charge in [0.05, 0.1) is 69.4 Å². The molecule has 0 saturated carbocycles. The van der Waals surface area contributed by atoms with E-state index >= 15 is 4.39 Å². The maximum absolute atomic E-state index is 15.5. The number of alkyl halides is 3. The number of pyridine rings is 1. The zero-order valence-electron chi connectivity index (χ0n) is 23.9. The van der Waals surface area contributed by atoms with E-state index in [0.29, 0.717) is 54.3 Å². The highest BCUT2D eigenvalue weighted by Gasteiger charge is 2.33. The Balaban J connectivity index is 1.44. The summed E-state index contributed by atoms with van der Waals surface area (Å²) in [6.45, 7) is 1.82. The lowest BCUT2D eigenvalue weighted by Crippen LogP contribution is -2.27. The molecule has 1 aliphatic heterocycles. The Hall–Kier alpha value is -4.85. The number of anilines is 1. The zero-order valence-corrected chi connectivity index (χ0v) is 24.6. The van der Waals surface area contributed by atoms with Crippen molar-refractivity contribution in [2.75, 3.05) is 5.32 Å². The molecule has 2 atom stereocenters. The van der Waals surface area contributed by atoms with Gasteiger partial charge in [0.2, 0.25) is 5.91 Å². The highest BCUT2D eigenvalue weighted by Crippen LogP contribution is 2.35. The fourth-order valence-electron chi connectivity index (χ4n) is 5.44. The summed E-state index contributed by atoms with van der Waals surface area (Å²) in [4.78, 5) is 35.5. The van der Waals surface area contributed by atoms with E-state index in [-0.39, 0.29) is 33.8 Å². The molecule has 1 aromatic carbocycles. The fourth-order valence-corrected chi connectivity index (χ4v) is 5.60. The van der Waals surface area contributed by atoms with Crippen molar-refractivity contribution in [3.8, 4) is 28.2 Å². The number of nitrogens with one attached hydrogen (secondary N) is 1. The van der Waals surface area contributed by atoms with Gasteiger partial charge >= 0.3 is 6.18 Å². The molecule has 10 nitrogen and oxygen atoms in total. The number of fused-ring (bicyclic) bond motifs is 4. The second kappa shape index (κ2) is 11.6. The first-order valence-corrected chi connectivity index (χ1v) is 14.3. The summed E-state index contributed by atoms with van der Waals surface area (Å²) in [7, 11) is 1.75. The predicted octanol–water partition coefficient (Wildman–Crippen LogP) is 6.05. The van der Waals surface area contributed by atoms with Gasteiger partial charge < -0.3 is 5.32 Å². The molecule has 5 heterocycles. The van der Waals surface area contributed by atoms with Gasteiger partial charge in [-0.25, -0.2) is 14.1 Å². The largest absolute Gasteiger partial charge is 0.419 e. The van der Waals surface area contributed by atoms with E-state index in [1.54, 1.807) is 30.2 Å². The van der Waals surface area contributed by atoms with Crippen molar-refractivity contribution in [1.29, 1.82) is 0 Å². The van der Waals surface area contributed by atoms with Gasteiger partial charge in [-0.15, -0.1) is 0 Å². The number of benzene rings is 1. The SMILES string of the molecule is C[C@@H]1CCC[C@H](n2cnc(-c3c(-n4cc(C(F)(F)F)cn4)ccc(Cl)c3F)cc2=O)c2cc(ccn2)-c2c(cnn2C)NC1=O. The van der Waals surface area contributed by atoms with Gasteiger partial charge in [0.1, 0.15) is 0 Å². The Labute approximate surface area is 258 Å². The molecular formula is C30H25ClF4N8O2. The molecule has 0 fully saturated rings. The number of nitrogens with zero attached hydrogens (tertiary/aromatic N) is 7. The molecule has 45 heavy (non-hydrogen) atoms. The molecule has 15 heteroatoms. The average molecular weight is 641 g/mol. The minimum absolute atomic E-state index is 0.0864. The maximum atomic E-state index is 15.5. The minimum atomic E-state index is -4.67. The van der Waals surface area contributed by atoms with Crippen LogP contribution in [0.15, 0.2) is 66.2 Å². The third-order valence-corrected chi connectivity index (χ3v) is 8.10. The number of carbonyl (C=O) groups excluding carboxylic acids is 1. The highest BCUT2D eigenvalue weighted by atomic mass is 35.5. The summed E-state index contributed by atoms with van der Waals surface area (Å²) < 4.78 is 59.1. The van der Waals surface area contributed by atoms with Crippen molar-refractivity contribution < 1.29 is 22.4 Å². The lowest BCUT2D eigenvalue weighted by molar-refractivity contribution is -0.137. The molecule has 6 rings (SSSR count). The van der Waals surface area contributed by atoms with Gasteiger partial charge in [-0.1, -0.05) is 24.9 Å². The molecule has 2 bridgehead atoms. The van der Waals surface area contributed by atoms with E-state index in [4.69, 9.17) is 11.6 Å². The molecule has 1 aliphatic rings. The number of aromatic nitrogens is 7. The molecular weight excluding hydrogens is 616 g/mol. The molecule has 0 radical (unpaired) electrons. The summed E-state index contributed by atoms with van der Waals surface area (Å²) in [5.74, 6) is -1.45. The summed E-state index contributed by atoms with van der Waals surface area (Å²) in [6, 6.07) is 6.57. The fraction of sp³-hybridized carbons (Fsp3) is 0.267. The van der Waals surface area contributed by atoms with Crippen LogP contribution in [0.1, 0.15) is 43.5 Å². The van der Waals surface area contributed by atoms with Gasteiger partial charge in [0.15, 0.2) is 5.82 Å². The standard InChI is InChI=1S/C30H25ClF4N8O2/c1-16-4-3-5-23(20-10-17(8-9-36-20)28-22(40-29(16)45)13-38-41(28)2)42-15-37-21(11-25(42)44)26-24(7-6-19(31)27(26)32)43-14-18(12-39-43)30(33,34)35/h6-16,23H,3-5H2,1-2H3,(H,40,45)/t16-,23+/m1/s1. The van der Waals surface area contributed by atoms with Gasteiger partial charge in [-0.3, -0.25) is 23.8 Å². The van der Waals surface area contributed by atoms with Crippen molar-refractivity contribution >= 4 is 23.2 Å². The second-order valence-electron chi connectivity index (χ2n) is 10.8. The normalized spacial score (nSPS) is 17.3. The average Bonchev–Trinajstić information content (AvgIpc) is 3.64. The highest BCUT2D eigenvalue weighted by molar-refractivity contribution is 6.31. The monoisotopic (exact) mass is 640 g/mol. The maximum Gasteiger partial charge on any atom is 0.419 e. The van der Waals surface area contributed by atoms with Crippen LogP contribution in [-0.2, 0) is 18.0 Å². The quantitative estimate of drug-likeness (QED) is 0.240. The molecule has 0 saturated heterocycles. The van der Waals surface area contributed by atoms with Crippen LogP contribution >= 0.6 is 11.6 Å². The van der Waals surface area contributed by atoms with Crippen LogP contribution in [0.5, 0.6) is 0 Å². The molecule has 0 unspecified atom stereocenters. The summed E-state index contributed by atoms with van der Waals surface area (Å²) >= 11 is 6.04. The summed E-state index contributed by atoms with van der Waals surface area (Å²) in [5, 5.41) is 10.7. The Bertz CT molecular complexity index is 1980. The Kier molecular flexibility index (Phi) is 7.77. The van der Waals surface area contributed by atoms with Crippen LogP contribution in [0.3, 0.4) is 0 Å². The third-order valence-electron chi connectivity index (χ3n) is 7.81. The van der Waals surface area contributed by atoms with Crippen LogP contribution in [0.25, 0.3) is 28.2 Å². The van der Waals surface area contributed by atoms with Gasteiger partial charge in [-0.05, 0) is 37.1 Å². The van der Waals surface area contributed by atoms with Crippen LogP contribution in [0.4, 0.5) is 23.2 Å². The summed E-state index contributed by atoms with van der Waals surface area (Å²) in [5.41, 5.74) is 0.377. The second-order valence-corrected chi connectivity index (χ2v) is 11.2. The molecule has 1 N–H and O–H groups in total. The molecule has 5 aromatic rings. The van der Waals surface area contributed by atoms with Crippen molar-refractivity contribution in [2.45, 2.75) is 38.4 Å². The van der Waals surface area contributed by atoms with E-state index in [2.05, 4.69) is 25.5 Å². The van der Waals surface area contributed by atoms with E-state index in [0.717, 1.165) is 10.7 Å². The summed E-state index contributed by atoms with van der Waals surface area (Å²) in [6.07, 6.45) is 2.61. The number of hydrogen-bond donors (Lipinski definition) is 1. The number of aryl methyl sites for hydroxylation is 1. The third kappa shape index (κ3) is 5.72. The smallest absolute Gasteiger partial charge is 0.323 e. The topological polar surface area (TPSA) is 113 Å².